The summed E-state index contributed by atoms with van der Waals surface area (Å²) in [4.78, 5) is 0. The Labute approximate surface area is 70.7 Å². The minimum atomic E-state index is -0.402. The molecule has 2 nitrogen and oxygen atoms in total. The normalized spacial score (nSPS) is 12.5. The van der Waals surface area contributed by atoms with Crippen LogP contribution in [0.3, 0.4) is 0 Å². The predicted octanol–water partition coefficient (Wildman–Crippen LogP) is 1.59. The van der Waals surface area contributed by atoms with Crippen molar-refractivity contribution in [1.82, 2.24) is 0 Å². The summed E-state index contributed by atoms with van der Waals surface area (Å²) in [7, 11) is 0. The molecular weight excluding hydrogens is 155 g/mol. The lowest BCUT2D eigenvalue weighted by atomic mass is 10.1. The SMILES string of the molecule is C=C[C@@H](N)c1cc(F)ccc1N. The second kappa shape index (κ2) is 3.36. The summed E-state index contributed by atoms with van der Waals surface area (Å²) in [5.74, 6) is -0.337. The Morgan fingerprint density at radius 3 is 2.75 bits per heavy atom. The number of nitrogen functional groups attached to an aromatic ring is 1. The largest absolute Gasteiger partial charge is 0.398 e. The first kappa shape index (κ1) is 8.74. The molecule has 3 heteroatoms. The maximum Gasteiger partial charge on any atom is 0.123 e. The first-order valence-corrected chi connectivity index (χ1v) is 3.58. The number of rotatable bonds is 2. The van der Waals surface area contributed by atoms with Crippen LogP contribution in [0.25, 0.3) is 0 Å². The number of anilines is 1. The molecule has 0 bridgehead atoms. The van der Waals surface area contributed by atoms with E-state index in [1.165, 1.54) is 24.3 Å². The molecule has 0 heterocycles. The zero-order valence-electron chi connectivity index (χ0n) is 6.63. The average Bonchev–Trinajstić information content (AvgIpc) is 2.08. The zero-order valence-corrected chi connectivity index (χ0v) is 6.63. The van der Waals surface area contributed by atoms with Crippen LogP contribution in [0, 0.1) is 5.82 Å². The highest BCUT2D eigenvalue weighted by Gasteiger charge is 2.06. The van der Waals surface area contributed by atoms with E-state index in [1.807, 2.05) is 0 Å². The third kappa shape index (κ3) is 1.62. The van der Waals surface area contributed by atoms with E-state index in [-0.39, 0.29) is 5.82 Å². The molecule has 0 aliphatic carbocycles. The van der Waals surface area contributed by atoms with Gasteiger partial charge in [-0.25, -0.2) is 4.39 Å². The van der Waals surface area contributed by atoms with E-state index in [1.54, 1.807) is 0 Å². The second-order valence-electron chi connectivity index (χ2n) is 2.53. The monoisotopic (exact) mass is 166 g/mol. The summed E-state index contributed by atoms with van der Waals surface area (Å²) < 4.78 is 12.7. The van der Waals surface area contributed by atoms with Crippen LogP contribution in [0.5, 0.6) is 0 Å². The fourth-order valence-corrected chi connectivity index (χ4v) is 0.961. The highest BCUT2D eigenvalue weighted by Crippen LogP contribution is 2.19. The molecule has 0 radical (unpaired) electrons. The van der Waals surface area contributed by atoms with E-state index in [0.29, 0.717) is 11.3 Å². The molecule has 0 spiro atoms. The van der Waals surface area contributed by atoms with Crippen molar-refractivity contribution in [2.24, 2.45) is 5.73 Å². The van der Waals surface area contributed by atoms with Crippen molar-refractivity contribution < 1.29 is 4.39 Å². The Morgan fingerprint density at radius 2 is 2.17 bits per heavy atom. The molecule has 4 N–H and O–H groups in total. The van der Waals surface area contributed by atoms with Gasteiger partial charge in [0.05, 0.1) is 0 Å². The number of hydrogen-bond donors (Lipinski definition) is 2. The quantitative estimate of drug-likeness (QED) is 0.518. The fraction of sp³-hybridized carbons (Fsp3) is 0.111. The van der Waals surface area contributed by atoms with Gasteiger partial charge in [-0.05, 0) is 23.8 Å². The van der Waals surface area contributed by atoms with Gasteiger partial charge in [-0.3, -0.25) is 0 Å². The summed E-state index contributed by atoms with van der Waals surface area (Å²) in [6.07, 6.45) is 1.52. The standard InChI is InChI=1S/C9H11FN2/c1-2-8(11)7-5-6(10)3-4-9(7)12/h2-5,8H,1,11-12H2/t8-/m1/s1. The molecule has 0 amide bonds. The Balaban J connectivity index is 3.12. The van der Waals surface area contributed by atoms with E-state index < -0.39 is 6.04 Å². The van der Waals surface area contributed by atoms with E-state index >= 15 is 0 Å². The van der Waals surface area contributed by atoms with Gasteiger partial charge in [0.25, 0.3) is 0 Å². The topological polar surface area (TPSA) is 52.0 Å². The van der Waals surface area contributed by atoms with Crippen LogP contribution in [0.15, 0.2) is 30.9 Å². The van der Waals surface area contributed by atoms with Gasteiger partial charge in [0, 0.05) is 11.7 Å². The lowest BCUT2D eigenvalue weighted by Gasteiger charge is -2.09. The lowest BCUT2D eigenvalue weighted by Crippen LogP contribution is -2.09. The lowest BCUT2D eigenvalue weighted by molar-refractivity contribution is 0.624. The van der Waals surface area contributed by atoms with Crippen molar-refractivity contribution in [2.75, 3.05) is 5.73 Å². The third-order valence-corrected chi connectivity index (χ3v) is 1.66. The van der Waals surface area contributed by atoms with E-state index in [2.05, 4.69) is 6.58 Å². The van der Waals surface area contributed by atoms with Crippen LogP contribution < -0.4 is 11.5 Å². The van der Waals surface area contributed by atoms with Gasteiger partial charge >= 0.3 is 0 Å². The van der Waals surface area contributed by atoms with Crippen molar-refractivity contribution in [2.45, 2.75) is 6.04 Å². The van der Waals surface area contributed by atoms with Crippen LogP contribution in [0.2, 0.25) is 0 Å². The van der Waals surface area contributed by atoms with Crippen molar-refractivity contribution in [3.8, 4) is 0 Å². The first-order valence-electron chi connectivity index (χ1n) is 3.58. The highest BCUT2D eigenvalue weighted by atomic mass is 19.1. The van der Waals surface area contributed by atoms with E-state index in [4.69, 9.17) is 11.5 Å². The van der Waals surface area contributed by atoms with E-state index in [9.17, 15) is 4.39 Å². The Bertz CT molecular complexity index is 297. The van der Waals surface area contributed by atoms with Crippen LogP contribution in [0.4, 0.5) is 10.1 Å². The second-order valence-corrected chi connectivity index (χ2v) is 2.53. The van der Waals surface area contributed by atoms with Crippen LogP contribution >= 0.6 is 0 Å². The first-order chi connectivity index (χ1) is 5.65. The highest BCUT2D eigenvalue weighted by molar-refractivity contribution is 5.49. The third-order valence-electron chi connectivity index (χ3n) is 1.66. The van der Waals surface area contributed by atoms with Crippen molar-refractivity contribution >= 4 is 5.69 Å². The molecule has 0 aromatic heterocycles. The fourth-order valence-electron chi connectivity index (χ4n) is 0.961. The van der Waals surface area contributed by atoms with Gasteiger partial charge in [0.1, 0.15) is 5.82 Å². The Morgan fingerprint density at radius 1 is 1.50 bits per heavy atom. The molecule has 1 rings (SSSR count). The van der Waals surface area contributed by atoms with Crippen LogP contribution in [-0.2, 0) is 0 Å². The molecule has 0 aliphatic heterocycles. The molecular formula is C9H11FN2. The molecule has 64 valence electrons. The summed E-state index contributed by atoms with van der Waals surface area (Å²) in [5, 5.41) is 0. The van der Waals surface area contributed by atoms with Gasteiger partial charge in [-0.1, -0.05) is 6.08 Å². The molecule has 1 atom stereocenters. The Hall–Kier alpha value is -1.35. The summed E-state index contributed by atoms with van der Waals surface area (Å²) in [5.41, 5.74) is 12.2. The molecule has 0 fully saturated rings. The number of halogens is 1. The molecule has 0 saturated heterocycles. The maximum atomic E-state index is 12.7. The Kier molecular flexibility index (Phi) is 2.45. The van der Waals surface area contributed by atoms with Gasteiger partial charge in [0.2, 0.25) is 0 Å². The van der Waals surface area contributed by atoms with E-state index in [0.717, 1.165) is 0 Å². The van der Waals surface area contributed by atoms with Crippen LogP contribution in [-0.4, -0.2) is 0 Å². The number of nitrogens with two attached hydrogens (primary N) is 2. The van der Waals surface area contributed by atoms with Gasteiger partial charge in [0.15, 0.2) is 0 Å². The average molecular weight is 166 g/mol. The minimum Gasteiger partial charge on any atom is -0.398 e. The smallest absolute Gasteiger partial charge is 0.123 e. The van der Waals surface area contributed by atoms with Crippen LogP contribution in [0.1, 0.15) is 11.6 Å². The number of benzene rings is 1. The summed E-state index contributed by atoms with van der Waals surface area (Å²) in [6.45, 7) is 3.50. The molecule has 1 aromatic carbocycles. The summed E-state index contributed by atoms with van der Waals surface area (Å²) in [6, 6.07) is 3.71. The predicted molar refractivity (Wildman–Crippen MR) is 47.9 cm³/mol. The van der Waals surface area contributed by atoms with Gasteiger partial charge in [-0.15, -0.1) is 6.58 Å². The zero-order chi connectivity index (χ0) is 9.14. The maximum absolute atomic E-state index is 12.7. The van der Waals surface area contributed by atoms with Gasteiger partial charge < -0.3 is 11.5 Å². The molecule has 12 heavy (non-hydrogen) atoms. The van der Waals surface area contributed by atoms with Gasteiger partial charge in [-0.2, -0.15) is 0 Å². The van der Waals surface area contributed by atoms with Crippen molar-refractivity contribution in [1.29, 1.82) is 0 Å². The molecule has 1 aromatic rings. The van der Waals surface area contributed by atoms with Crippen molar-refractivity contribution in [3.63, 3.8) is 0 Å². The molecule has 0 unspecified atom stereocenters. The number of hydrogen-bond acceptors (Lipinski definition) is 2. The summed E-state index contributed by atoms with van der Waals surface area (Å²) >= 11 is 0. The minimum absolute atomic E-state index is 0.337. The molecule has 0 aliphatic rings. The molecule has 0 saturated carbocycles. The van der Waals surface area contributed by atoms with Crippen molar-refractivity contribution in [3.05, 3.63) is 42.2 Å².